The van der Waals surface area contributed by atoms with E-state index in [2.05, 4.69) is 54.1 Å². The maximum Gasteiger partial charge on any atom is 0.0376 e. The van der Waals surface area contributed by atoms with Crippen LogP contribution in [0, 0.1) is 0 Å². The molecular weight excluding hydrogens is 246 g/mol. The first-order valence-corrected chi connectivity index (χ1v) is 7.85. The van der Waals surface area contributed by atoms with Gasteiger partial charge in [0.1, 0.15) is 0 Å². The van der Waals surface area contributed by atoms with Gasteiger partial charge in [0.25, 0.3) is 0 Å². The van der Waals surface area contributed by atoms with Gasteiger partial charge in [-0.2, -0.15) is 0 Å². The first kappa shape index (κ1) is 13.9. The maximum atomic E-state index is 3.48. The molecule has 20 heavy (non-hydrogen) atoms. The Morgan fingerprint density at radius 2 is 1.85 bits per heavy atom. The molecule has 0 bridgehead atoms. The van der Waals surface area contributed by atoms with Gasteiger partial charge in [-0.15, -0.1) is 0 Å². The lowest BCUT2D eigenvalue weighted by atomic mass is 10.0. The van der Waals surface area contributed by atoms with E-state index in [0.717, 1.165) is 13.1 Å². The molecule has 0 unspecified atom stereocenters. The maximum absolute atomic E-state index is 3.48. The third-order valence-corrected chi connectivity index (χ3v) is 4.61. The molecule has 3 nitrogen and oxygen atoms in total. The van der Waals surface area contributed by atoms with Gasteiger partial charge in [-0.1, -0.05) is 12.1 Å². The predicted octanol–water partition coefficient (Wildman–Crippen LogP) is 2.57. The fourth-order valence-electron chi connectivity index (χ4n) is 3.27. The molecule has 2 aliphatic rings. The number of nitrogens with zero attached hydrogens (tertiary/aromatic N) is 2. The van der Waals surface area contributed by atoms with E-state index >= 15 is 0 Å². The summed E-state index contributed by atoms with van der Waals surface area (Å²) in [5.74, 6) is 0. The zero-order chi connectivity index (χ0) is 14.2. The van der Waals surface area contributed by atoms with Gasteiger partial charge in [-0.25, -0.2) is 0 Å². The molecule has 0 aromatic heterocycles. The fraction of sp³-hybridized carbons (Fsp3) is 0.647. The summed E-state index contributed by atoms with van der Waals surface area (Å²) in [7, 11) is 0. The number of benzene rings is 1. The number of rotatable bonds is 2. The van der Waals surface area contributed by atoms with E-state index in [1.165, 1.54) is 49.4 Å². The monoisotopic (exact) mass is 273 g/mol. The van der Waals surface area contributed by atoms with Crippen LogP contribution in [0.5, 0.6) is 0 Å². The van der Waals surface area contributed by atoms with Crippen molar-refractivity contribution in [3.63, 3.8) is 0 Å². The van der Waals surface area contributed by atoms with E-state index < -0.39 is 0 Å². The van der Waals surface area contributed by atoms with Gasteiger partial charge in [-0.05, 0) is 44.4 Å². The largest absolute Gasteiger partial charge is 0.384 e. The Bertz CT molecular complexity index is 468. The zero-order valence-electron chi connectivity index (χ0n) is 13.1. The van der Waals surface area contributed by atoms with Crippen molar-refractivity contribution >= 4 is 5.69 Å². The Kier molecular flexibility index (Phi) is 3.74. The number of nitrogens with one attached hydrogen (secondary N) is 1. The molecule has 1 fully saturated rings. The van der Waals surface area contributed by atoms with E-state index in [-0.39, 0.29) is 0 Å². The Hall–Kier alpha value is -1.06. The van der Waals surface area contributed by atoms with E-state index in [1.807, 2.05) is 0 Å². The summed E-state index contributed by atoms with van der Waals surface area (Å²) in [6, 6.07) is 6.95. The summed E-state index contributed by atoms with van der Waals surface area (Å²) in [6.07, 6.45) is 1.18. The molecule has 1 N–H and O–H groups in total. The molecule has 2 heterocycles. The van der Waals surface area contributed by atoms with Gasteiger partial charge in [0.15, 0.2) is 0 Å². The van der Waals surface area contributed by atoms with Crippen LogP contribution >= 0.6 is 0 Å². The summed E-state index contributed by atoms with van der Waals surface area (Å²) >= 11 is 0. The van der Waals surface area contributed by atoms with E-state index in [9.17, 15) is 0 Å². The third kappa shape index (κ3) is 2.99. The van der Waals surface area contributed by atoms with Crippen molar-refractivity contribution in [3.05, 3.63) is 29.3 Å². The van der Waals surface area contributed by atoms with Gasteiger partial charge in [0.05, 0.1) is 0 Å². The molecule has 110 valence electrons. The van der Waals surface area contributed by atoms with Crippen LogP contribution in [0.3, 0.4) is 0 Å². The van der Waals surface area contributed by atoms with E-state index in [4.69, 9.17) is 0 Å². The second-order valence-corrected chi connectivity index (χ2v) is 7.10. The number of hydrogen-bond donors (Lipinski definition) is 1. The van der Waals surface area contributed by atoms with Gasteiger partial charge in [-0.3, -0.25) is 9.80 Å². The smallest absolute Gasteiger partial charge is 0.0376 e. The summed E-state index contributed by atoms with van der Waals surface area (Å²) in [4.78, 5) is 5.17. The zero-order valence-corrected chi connectivity index (χ0v) is 13.1. The van der Waals surface area contributed by atoms with Crippen molar-refractivity contribution in [1.82, 2.24) is 9.80 Å². The highest BCUT2D eigenvalue weighted by Crippen LogP contribution is 2.24. The fourth-order valence-corrected chi connectivity index (χ4v) is 3.27. The molecule has 1 aromatic carbocycles. The summed E-state index contributed by atoms with van der Waals surface area (Å²) in [5.41, 5.74) is 4.59. The van der Waals surface area contributed by atoms with Gasteiger partial charge >= 0.3 is 0 Å². The molecule has 2 aliphatic heterocycles. The van der Waals surface area contributed by atoms with Crippen molar-refractivity contribution in [2.24, 2.45) is 0 Å². The minimum Gasteiger partial charge on any atom is -0.384 e. The highest BCUT2D eigenvalue weighted by molar-refractivity contribution is 5.57. The highest BCUT2D eigenvalue weighted by Gasteiger charge is 2.25. The van der Waals surface area contributed by atoms with Crippen molar-refractivity contribution in [2.75, 3.05) is 38.0 Å². The molecule has 3 rings (SSSR count). The molecule has 0 saturated carbocycles. The minimum atomic E-state index is 0.309. The van der Waals surface area contributed by atoms with E-state index in [1.54, 1.807) is 0 Å². The topological polar surface area (TPSA) is 18.5 Å². The quantitative estimate of drug-likeness (QED) is 0.893. The van der Waals surface area contributed by atoms with Crippen molar-refractivity contribution in [2.45, 2.75) is 39.3 Å². The van der Waals surface area contributed by atoms with Gasteiger partial charge in [0.2, 0.25) is 0 Å². The summed E-state index contributed by atoms with van der Waals surface area (Å²) in [6.45, 7) is 13.9. The van der Waals surface area contributed by atoms with Crippen molar-refractivity contribution in [3.8, 4) is 0 Å². The number of anilines is 1. The third-order valence-electron chi connectivity index (χ3n) is 4.61. The number of piperazine rings is 1. The Morgan fingerprint density at radius 3 is 2.55 bits per heavy atom. The minimum absolute atomic E-state index is 0.309. The van der Waals surface area contributed by atoms with Crippen LogP contribution in [0.2, 0.25) is 0 Å². The SMILES string of the molecule is CC(C)(C)N1CCN(Cc2ccc3c(c2)NCC3)CC1. The van der Waals surface area contributed by atoms with Crippen LogP contribution in [0.4, 0.5) is 5.69 Å². The number of fused-ring (bicyclic) bond motifs is 1. The molecule has 0 radical (unpaired) electrons. The molecule has 0 spiro atoms. The van der Waals surface area contributed by atoms with Crippen LogP contribution in [-0.2, 0) is 13.0 Å². The Morgan fingerprint density at radius 1 is 1.10 bits per heavy atom. The average Bonchev–Trinajstić information content (AvgIpc) is 2.86. The van der Waals surface area contributed by atoms with Crippen LogP contribution in [0.25, 0.3) is 0 Å². The summed E-state index contributed by atoms with van der Waals surface area (Å²) in [5, 5.41) is 3.48. The molecule has 0 aliphatic carbocycles. The van der Waals surface area contributed by atoms with Crippen LogP contribution < -0.4 is 5.32 Å². The van der Waals surface area contributed by atoms with Crippen molar-refractivity contribution < 1.29 is 0 Å². The van der Waals surface area contributed by atoms with Crippen LogP contribution in [0.1, 0.15) is 31.9 Å². The lowest BCUT2D eigenvalue weighted by Crippen LogP contribution is -2.53. The van der Waals surface area contributed by atoms with Gasteiger partial charge in [0, 0.05) is 50.5 Å². The molecule has 0 atom stereocenters. The normalized spacial score (nSPS) is 20.8. The first-order chi connectivity index (χ1) is 9.52. The predicted molar refractivity (Wildman–Crippen MR) is 85.2 cm³/mol. The average molecular weight is 273 g/mol. The Balaban J connectivity index is 1.57. The number of hydrogen-bond acceptors (Lipinski definition) is 3. The molecular formula is C17H27N3. The molecule has 1 aromatic rings. The molecule has 0 amide bonds. The first-order valence-electron chi connectivity index (χ1n) is 7.85. The Labute approximate surface area is 123 Å². The standard InChI is InChI=1S/C17H27N3/c1-17(2,3)20-10-8-19(9-11-20)13-14-4-5-15-6-7-18-16(15)12-14/h4-5,12,18H,6-11,13H2,1-3H3. The lowest BCUT2D eigenvalue weighted by molar-refractivity contribution is 0.0591. The second kappa shape index (κ2) is 5.38. The highest BCUT2D eigenvalue weighted by atomic mass is 15.3. The summed E-state index contributed by atoms with van der Waals surface area (Å²) < 4.78 is 0. The van der Waals surface area contributed by atoms with Crippen molar-refractivity contribution in [1.29, 1.82) is 0 Å². The van der Waals surface area contributed by atoms with Crippen LogP contribution in [0.15, 0.2) is 18.2 Å². The van der Waals surface area contributed by atoms with Gasteiger partial charge < -0.3 is 5.32 Å². The van der Waals surface area contributed by atoms with Crippen LogP contribution in [-0.4, -0.2) is 48.1 Å². The molecule has 3 heteroatoms. The lowest BCUT2D eigenvalue weighted by Gasteiger charge is -2.42. The van der Waals surface area contributed by atoms with E-state index in [0.29, 0.717) is 5.54 Å². The molecule has 1 saturated heterocycles. The second-order valence-electron chi connectivity index (χ2n) is 7.10.